The zero-order chi connectivity index (χ0) is 16.4. The Balaban J connectivity index is 1.80. The molecule has 0 aliphatic heterocycles. The maximum atomic E-state index is 12.0. The number of nitrogens with zero attached hydrogens (tertiary/aromatic N) is 2. The summed E-state index contributed by atoms with van der Waals surface area (Å²) >= 11 is 0. The van der Waals surface area contributed by atoms with Crippen molar-refractivity contribution in [2.45, 2.75) is 26.4 Å². The van der Waals surface area contributed by atoms with Gasteiger partial charge in [-0.25, -0.2) is 14.8 Å². The van der Waals surface area contributed by atoms with Crippen LogP contribution in [0.1, 0.15) is 31.3 Å². The smallest absolute Gasteiger partial charge is 0.357 e. The van der Waals surface area contributed by atoms with Gasteiger partial charge in [-0.3, -0.25) is 0 Å². The minimum absolute atomic E-state index is 0.160. The van der Waals surface area contributed by atoms with Gasteiger partial charge in [0.2, 0.25) is 5.88 Å². The van der Waals surface area contributed by atoms with E-state index in [9.17, 15) is 4.79 Å². The predicted octanol–water partition coefficient (Wildman–Crippen LogP) is 3.71. The monoisotopic (exact) mass is 311 g/mol. The fourth-order valence-corrected chi connectivity index (χ4v) is 2.05. The van der Waals surface area contributed by atoms with Crippen molar-refractivity contribution in [3.05, 3.63) is 48.5 Å². The summed E-state index contributed by atoms with van der Waals surface area (Å²) < 4.78 is 11.0. The maximum absolute atomic E-state index is 12.0. The number of benzene rings is 1. The first-order valence-electron chi connectivity index (χ1n) is 7.21. The number of aromatic nitrogens is 3. The van der Waals surface area contributed by atoms with E-state index in [-0.39, 0.29) is 11.6 Å². The average molecular weight is 311 g/mol. The van der Waals surface area contributed by atoms with E-state index in [2.05, 4.69) is 15.0 Å². The van der Waals surface area contributed by atoms with Gasteiger partial charge >= 0.3 is 5.97 Å². The third-order valence-electron chi connectivity index (χ3n) is 3.00. The number of hydrogen-bond donors (Lipinski definition) is 1. The summed E-state index contributed by atoms with van der Waals surface area (Å²) in [6.45, 7) is 5.40. The highest BCUT2D eigenvalue weighted by molar-refractivity contribution is 5.87. The molecule has 6 heteroatoms. The SMILES string of the molecule is CC(C)(C)OC(=O)c1cc(Oc2ccc3[nH]ccc3c2)ncn1. The van der Waals surface area contributed by atoms with Crippen molar-refractivity contribution in [1.29, 1.82) is 0 Å². The molecule has 0 radical (unpaired) electrons. The summed E-state index contributed by atoms with van der Waals surface area (Å²) in [4.78, 5) is 23.1. The molecule has 0 bridgehead atoms. The molecule has 3 aromatic rings. The Kier molecular flexibility index (Phi) is 3.73. The highest BCUT2D eigenvalue weighted by atomic mass is 16.6. The van der Waals surface area contributed by atoms with Crippen LogP contribution >= 0.6 is 0 Å². The van der Waals surface area contributed by atoms with Crippen LogP contribution < -0.4 is 4.74 Å². The zero-order valence-electron chi connectivity index (χ0n) is 13.2. The van der Waals surface area contributed by atoms with Gasteiger partial charge in [0.15, 0.2) is 5.69 Å². The van der Waals surface area contributed by atoms with Gasteiger partial charge in [-0.05, 0) is 45.0 Å². The number of ether oxygens (including phenoxy) is 2. The molecule has 0 unspecified atom stereocenters. The number of hydrogen-bond acceptors (Lipinski definition) is 5. The Morgan fingerprint density at radius 2 is 1.96 bits per heavy atom. The Hall–Kier alpha value is -2.89. The van der Waals surface area contributed by atoms with Crippen molar-refractivity contribution < 1.29 is 14.3 Å². The van der Waals surface area contributed by atoms with Gasteiger partial charge in [-0.15, -0.1) is 0 Å². The van der Waals surface area contributed by atoms with E-state index in [0.29, 0.717) is 5.75 Å². The summed E-state index contributed by atoms with van der Waals surface area (Å²) in [6.07, 6.45) is 3.14. The molecular formula is C17H17N3O3. The standard InChI is InChI=1S/C17H17N3O3/c1-17(2,3)23-16(21)14-9-15(20-10-19-14)22-12-4-5-13-11(8-12)6-7-18-13/h4-10,18H,1-3H3. The number of nitrogens with one attached hydrogen (secondary N) is 1. The number of fused-ring (bicyclic) bond motifs is 1. The van der Waals surface area contributed by atoms with Crippen molar-refractivity contribution in [1.82, 2.24) is 15.0 Å². The molecule has 1 aromatic carbocycles. The molecule has 3 rings (SSSR count). The number of esters is 1. The average Bonchev–Trinajstić information content (AvgIpc) is 2.93. The minimum Gasteiger partial charge on any atom is -0.455 e. The molecule has 2 heterocycles. The summed E-state index contributed by atoms with van der Waals surface area (Å²) in [5.74, 6) is 0.410. The molecule has 118 valence electrons. The normalized spacial score (nSPS) is 11.4. The number of rotatable bonds is 3. The topological polar surface area (TPSA) is 77.1 Å². The van der Waals surface area contributed by atoms with E-state index in [1.165, 1.54) is 12.4 Å². The van der Waals surface area contributed by atoms with Crippen LogP contribution in [-0.4, -0.2) is 26.5 Å². The molecule has 0 amide bonds. The molecule has 1 N–H and O–H groups in total. The maximum Gasteiger partial charge on any atom is 0.357 e. The van der Waals surface area contributed by atoms with Gasteiger partial charge < -0.3 is 14.5 Å². The lowest BCUT2D eigenvalue weighted by Gasteiger charge is -2.19. The largest absolute Gasteiger partial charge is 0.455 e. The summed E-state index contributed by atoms with van der Waals surface area (Å²) in [5.41, 5.74) is 0.602. The molecule has 0 fully saturated rings. The first-order chi connectivity index (χ1) is 10.9. The Morgan fingerprint density at radius 3 is 2.74 bits per heavy atom. The molecule has 23 heavy (non-hydrogen) atoms. The van der Waals surface area contributed by atoms with Crippen molar-refractivity contribution in [2.75, 3.05) is 0 Å². The van der Waals surface area contributed by atoms with Crippen LogP contribution in [0.5, 0.6) is 11.6 Å². The van der Waals surface area contributed by atoms with Crippen molar-refractivity contribution in [2.24, 2.45) is 0 Å². The van der Waals surface area contributed by atoms with Crippen molar-refractivity contribution in [3.63, 3.8) is 0 Å². The molecular weight excluding hydrogens is 294 g/mol. The Bertz CT molecular complexity index is 849. The van der Waals surface area contributed by atoms with Crippen LogP contribution in [0.2, 0.25) is 0 Å². The molecule has 0 aliphatic rings. The van der Waals surface area contributed by atoms with E-state index in [0.717, 1.165) is 10.9 Å². The zero-order valence-corrected chi connectivity index (χ0v) is 13.2. The Morgan fingerprint density at radius 1 is 1.13 bits per heavy atom. The van der Waals surface area contributed by atoms with Gasteiger partial charge in [0, 0.05) is 23.2 Å². The molecule has 6 nitrogen and oxygen atoms in total. The lowest BCUT2D eigenvalue weighted by molar-refractivity contribution is 0.00621. The van der Waals surface area contributed by atoms with Crippen LogP contribution in [0.3, 0.4) is 0 Å². The Labute approximate surface area is 133 Å². The fraction of sp³-hybridized carbons (Fsp3) is 0.235. The molecule has 0 saturated carbocycles. The van der Waals surface area contributed by atoms with Crippen molar-refractivity contribution >= 4 is 16.9 Å². The van der Waals surface area contributed by atoms with Crippen molar-refractivity contribution in [3.8, 4) is 11.6 Å². The summed E-state index contributed by atoms with van der Waals surface area (Å²) in [6, 6.07) is 9.06. The second-order valence-electron chi connectivity index (χ2n) is 6.07. The summed E-state index contributed by atoms with van der Waals surface area (Å²) in [5, 5.41) is 1.03. The third kappa shape index (κ3) is 3.66. The first kappa shape index (κ1) is 15.0. The van der Waals surface area contributed by atoms with E-state index in [4.69, 9.17) is 9.47 Å². The quantitative estimate of drug-likeness (QED) is 0.746. The van der Waals surface area contributed by atoms with Gasteiger partial charge in [-0.2, -0.15) is 0 Å². The number of carbonyl (C=O) groups is 1. The summed E-state index contributed by atoms with van der Waals surface area (Å²) in [7, 11) is 0. The fourth-order valence-electron chi connectivity index (χ4n) is 2.05. The third-order valence-corrected chi connectivity index (χ3v) is 3.00. The van der Waals surface area contributed by atoms with E-state index in [1.54, 1.807) is 20.8 Å². The van der Waals surface area contributed by atoms with Gasteiger partial charge in [0.1, 0.15) is 17.7 Å². The van der Waals surface area contributed by atoms with Crippen LogP contribution in [0.25, 0.3) is 10.9 Å². The van der Waals surface area contributed by atoms with E-state index >= 15 is 0 Å². The second kappa shape index (κ2) is 5.72. The minimum atomic E-state index is -0.581. The predicted molar refractivity (Wildman–Crippen MR) is 85.6 cm³/mol. The van der Waals surface area contributed by atoms with E-state index in [1.807, 2.05) is 30.5 Å². The lowest BCUT2D eigenvalue weighted by Crippen LogP contribution is -2.24. The van der Waals surface area contributed by atoms with Crippen LogP contribution in [0, 0.1) is 0 Å². The molecule has 0 saturated heterocycles. The highest BCUT2D eigenvalue weighted by Crippen LogP contribution is 2.24. The second-order valence-corrected chi connectivity index (χ2v) is 6.07. The number of H-pyrrole nitrogens is 1. The molecule has 2 aromatic heterocycles. The first-order valence-corrected chi connectivity index (χ1v) is 7.21. The van der Waals surface area contributed by atoms with Crippen LogP contribution in [0.15, 0.2) is 42.9 Å². The number of aromatic amines is 1. The van der Waals surface area contributed by atoms with E-state index < -0.39 is 11.6 Å². The van der Waals surface area contributed by atoms with Gasteiger partial charge in [-0.1, -0.05) is 0 Å². The number of carbonyl (C=O) groups excluding carboxylic acids is 1. The van der Waals surface area contributed by atoms with Crippen LogP contribution in [-0.2, 0) is 4.74 Å². The van der Waals surface area contributed by atoms with Gasteiger partial charge in [0.25, 0.3) is 0 Å². The van der Waals surface area contributed by atoms with Crippen LogP contribution in [0.4, 0.5) is 0 Å². The lowest BCUT2D eigenvalue weighted by atomic mass is 10.2. The highest BCUT2D eigenvalue weighted by Gasteiger charge is 2.19. The molecule has 0 spiro atoms. The molecule has 0 aliphatic carbocycles. The van der Waals surface area contributed by atoms with Gasteiger partial charge in [0.05, 0.1) is 0 Å². The molecule has 0 atom stereocenters.